The highest BCUT2D eigenvalue weighted by Crippen LogP contribution is 2.23. The maximum atomic E-state index is 9.80. The number of aliphatic hydroxyl groups excluding tert-OH is 1. The zero-order chi connectivity index (χ0) is 10.3. The van der Waals surface area contributed by atoms with Crippen molar-refractivity contribution in [3.8, 4) is 0 Å². The first-order chi connectivity index (χ1) is 6.04. The fourth-order valence-corrected chi connectivity index (χ4v) is 1.29. The van der Waals surface area contributed by atoms with Crippen LogP contribution in [-0.2, 0) is 0 Å². The number of hydrogen-bond acceptors (Lipinski definition) is 2. The summed E-state index contributed by atoms with van der Waals surface area (Å²) in [7, 11) is 0. The molecule has 1 unspecified atom stereocenters. The summed E-state index contributed by atoms with van der Waals surface area (Å²) in [5.74, 6) is 0. The zero-order valence-electron chi connectivity index (χ0n) is 9.34. The van der Waals surface area contributed by atoms with E-state index < -0.39 is 0 Å². The second-order valence-corrected chi connectivity index (χ2v) is 4.56. The predicted octanol–water partition coefficient (Wildman–Crippen LogP) is 2.30. The Morgan fingerprint density at radius 1 is 1.23 bits per heavy atom. The molecule has 0 aromatic rings. The van der Waals surface area contributed by atoms with E-state index in [1.165, 1.54) is 19.3 Å². The fourth-order valence-electron chi connectivity index (χ4n) is 1.29. The van der Waals surface area contributed by atoms with Gasteiger partial charge in [0, 0.05) is 5.41 Å². The summed E-state index contributed by atoms with van der Waals surface area (Å²) < 4.78 is 0. The number of nitrogens with two attached hydrogens (primary N) is 1. The standard InChI is InChI=1S/C11H25NO/c1-4-5-6-7-8-10(13)11(2,3)9-12/h10,13H,4-9,12H2,1-3H3. The quantitative estimate of drug-likeness (QED) is 0.601. The van der Waals surface area contributed by atoms with Crippen LogP contribution in [0.1, 0.15) is 52.9 Å². The molecule has 13 heavy (non-hydrogen) atoms. The van der Waals surface area contributed by atoms with Gasteiger partial charge in [0.1, 0.15) is 0 Å². The zero-order valence-corrected chi connectivity index (χ0v) is 9.34. The molecule has 3 N–H and O–H groups in total. The van der Waals surface area contributed by atoms with Gasteiger partial charge in [0.25, 0.3) is 0 Å². The summed E-state index contributed by atoms with van der Waals surface area (Å²) >= 11 is 0. The number of aliphatic hydroxyl groups is 1. The van der Waals surface area contributed by atoms with Crippen LogP contribution in [0.2, 0.25) is 0 Å². The first-order valence-electron chi connectivity index (χ1n) is 5.42. The van der Waals surface area contributed by atoms with Gasteiger partial charge in [-0.05, 0) is 13.0 Å². The van der Waals surface area contributed by atoms with Gasteiger partial charge in [0.15, 0.2) is 0 Å². The van der Waals surface area contributed by atoms with Gasteiger partial charge in [0.05, 0.1) is 6.10 Å². The van der Waals surface area contributed by atoms with Crippen LogP contribution in [0.15, 0.2) is 0 Å². The molecular weight excluding hydrogens is 162 g/mol. The van der Waals surface area contributed by atoms with Crippen molar-refractivity contribution in [1.82, 2.24) is 0 Å². The molecule has 0 aliphatic rings. The molecule has 0 amide bonds. The Labute approximate surface area is 82.5 Å². The number of hydrogen-bond donors (Lipinski definition) is 2. The highest BCUT2D eigenvalue weighted by Gasteiger charge is 2.25. The highest BCUT2D eigenvalue weighted by molar-refractivity contribution is 4.78. The Balaban J connectivity index is 3.55. The summed E-state index contributed by atoms with van der Waals surface area (Å²) in [6.07, 6.45) is 5.53. The molecule has 0 bridgehead atoms. The average Bonchev–Trinajstić information content (AvgIpc) is 2.12. The van der Waals surface area contributed by atoms with Crippen LogP contribution in [0.5, 0.6) is 0 Å². The summed E-state index contributed by atoms with van der Waals surface area (Å²) in [6, 6.07) is 0. The minimum Gasteiger partial charge on any atom is -0.393 e. The van der Waals surface area contributed by atoms with Gasteiger partial charge >= 0.3 is 0 Å². The second-order valence-electron chi connectivity index (χ2n) is 4.56. The molecule has 2 nitrogen and oxygen atoms in total. The smallest absolute Gasteiger partial charge is 0.0603 e. The molecule has 0 rings (SSSR count). The van der Waals surface area contributed by atoms with E-state index in [1.54, 1.807) is 0 Å². The van der Waals surface area contributed by atoms with Crippen LogP contribution >= 0.6 is 0 Å². The van der Waals surface area contributed by atoms with Crippen LogP contribution < -0.4 is 5.73 Å². The van der Waals surface area contributed by atoms with Crippen LogP contribution in [0.4, 0.5) is 0 Å². The van der Waals surface area contributed by atoms with Crippen LogP contribution in [-0.4, -0.2) is 17.8 Å². The largest absolute Gasteiger partial charge is 0.393 e. The average molecular weight is 187 g/mol. The summed E-state index contributed by atoms with van der Waals surface area (Å²) in [5.41, 5.74) is 5.46. The lowest BCUT2D eigenvalue weighted by atomic mass is 9.84. The first kappa shape index (κ1) is 12.9. The van der Waals surface area contributed by atoms with Crippen molar-refractivity contribution in [2.24, 2.45) is 11.1 Å². The van der Waals surface area contributed by atoms with Crippen molar-refractivity contribution < 1.29 is 5.11 Å². The van der Waals surface area contributed by atoms with Gasteiger partial charge in [-0.3, -0.25) is 0 Å². The number of unbranched alkanes of at least 4 members (excludes halogenated alkanes) is 3. The molecule has 2 heteroatoms. The minimum absolute atomic E-state index is 0.119. The van der Waals surface area contributed by atoms with Crippen molar-refractivity contribution in [2.75, 3.05) is 6.54 Å². The van der Waals surface area contributed by atoms with Gasteiger partial charge in [-0.2, -0.15) is 0 Å². The fraction of sp³-hybridized carbons (Fsp3) is 1.00. The van der Waals surface area contributed by atoms with Gasteiger partial charge in [0.2, 0.25) is 0 Å². The highest BCUT2D eigenvalue weighted by atomic mass is 16.3. The third-order valence-corrected chi connectivity index (χ3v) is 2.76. The third-order valence-electron chi connectivity index (χ3n) is 2.76. The van der Waals surface area contributed by atoms with E-state index in [4.69, 9.17) is 5.73 Å². The molecule has 0 aromatic carbocycles. The third kappa shape index (κ3) is 5.27. The Bertz CT molecular complexity index is 123. The van der Waals surface area contributed by atoms with Gasteiger partial charge in [-0.15, -0.1) is 0 Å². The molecule has 0 aliphatic carbocycles. The molecule has 1 atom stereocenters. The Morgan fingerprint density at radius 2 is 1.85 bits per heavy atom. The van der Waals surface area contributed by atoms with Crippen LogP contribution in [0.25, 0.3) is 0 Å². The van der Waals surface area contributed by atoms with E-state index >= 15 is 0 Å². The molecule has 0 aromatic heterocycles. The lowest BCUT2D eigenvalue weighted by Gasteiger charge is -2.28. The molecule has 0 saturated carbocycles. The second kappa shape index (κ2) is 6.39. The van der Waals surface area contributed by atoms with E-state index in [-0.39, 0.29) is 11.5 Å². The molecule has 0 saturated heterocycles. The predicted molar refractivity (Wildman–Crippen MR) is 57.6 cm³/mol. The Hall–Kier alpha value is -0.0800. The molecule has 80 valence electrons. The maximum Gasteiger partial charge on any atom is 0.0603 e. The van der Waals surface area contributed by atoms with Crippen LogP contribution in [0.3, 0.4) is 0 Å². The Morgan fingerprint density at radius 3 is 2.31 bits per heavy atom. The van der Waals surface area contributed by atoms with Gasteiger partial charge in [-0.25, -0.2) is 0 Å². The number of rotatable bonds is 7. The van der Waals surface area contributed by atoms with E-state index in [2.05, 4.69) is 6.92 Å². The SMILES string of the molecule is CCCCCCC(O)C(C)(C)CN. The normalized spacial score (nSPS) is 14.5. The van der Waals surface area contributed by atoms with E-state index in [0.29, 0.717) is 6.54 Å². The topological polar surface area (TPSA) is 46.2 Å². The molecule has 0 aliphatic heterocycles. The van der Waals surface area contributed by atoms with E-state index in [9.17, 15) is 5.11 Å². The molecule has 0 fully saturated rings. The van der Waals surface area contributed by atoms with Crippen LogP contribution in [0, 0.1) is 5.41 Å². The lowest BCUT2D eigenvalue weighted by molar-refractivity contribution is 0.0468. The molecular formula is C11H25NO. The minimum atomic E-state index is -0.241. The summed E-state index contributed by atoms with van der Waals surface area (Å²) in [6.45, 7) is 6.80. The lowest BCUT2D eigenvalue weighted by Crippen LogP contribution is -2.36. The summed E-state index contributed by atoms with van der Waals surface area (Å²) in [4.78, 5) is 0. The van der Waals surface area contributed by atoms with Gasteiger partial charge < -0.3 is 10.8 Å². The Kier molecular flexibility index (Phi) is 6.35. The van der Waals surface area contributed by atoms with Crippen molar-refractivity contribution >= 4 is 0 Å². The first-order valence-corrected chi connectivity index (χ1v) is 5.42. The van der Waals surface area contributed by atoms with Gasteiger partial charge in [-0.1, -0.05) is 46.5 Å². The molecule has 0 spiro atoms. The maximum absolute atomic E-state index is 9.80. The van der Waals surface area contributed by atoms with Crippen molar-refractivity contribution in [2.45, 2.75) is 59.0 Å². The van der Waals surface area contributed by atoms with E-state index in [0.717, 1.165) is 12.8 Å². The van der Waals surface area contributed by atoms with E-state index in [1.807, 2.05) is 13.8 Å². The van der Waals surface area contributed by atoms with Crippen molar-refractivity contribution in [1.29, 1.82) is 0 Å². The van der Waals surface area contributed by atoms with Crippen molar-refractivity contribution in [3.05, 3.63) is 0 Å². The molecule has 0 radical (unpaired) electrons. The van der Waals surface area contributed by atoms with Crippen molar-refractivity contribution in [3.63, 3.8) is 0 Å². The monoisotopic (exact) mass is 187 g/mol. The molecule has 0 heterocycles. The summed E-state index contributed by atoms with van der Waals surface area (Å²) in [5, 5.41) is 9.80.